The van der Waals surface area contributed by atoms with Crippen molar-refractivity contribution >= 4 is 12.2 Å². The molecular weight excluding hydrogens is 132 g/mol. The molecule has 0 saturated heterocycles. The first kappa shape index (κ1) is 8.43. The maximum Gasteiger partial charge on any atom is 0.174 e. The van der Waals surface area contributed by atoms with Crippen LogP contribution in [0.2, 0.25) is 0 Å². The summed E-state index contributed by atoms with van der Waals surface area (Å²) < 4.78 is 0.676. The maximum atomic E-state index is 4.63. The molecule has 9 heavy (non-hydrogen) atoms. The fourth-order valence-electron chi connectivity index (χ4n) is 0.276. The van der Waals surface area contributed by atoms with E-state index in [1.807, 2.05) is 0 Å². The van der Waals surface area contributed by atoms with Crippen LogP contribution in [0.4, 0.5) is 0 Å². The predicted molar refractivity (Wildman–Crippen MR) is 41.9 cm³/mol. The van der Waals surface area contributed by atoms with Gasteiger partial charge < -0.3 is 9.97 Å². The van der Waals surface area contributed by atoms with Crippen LogP contribution in [0.5, 0.6) is 0 Å². The molecule has 1 rings (SSSR count). The molecule has 2 N–H and O–H groups in total. The Kier molecular flexibility index (Phi) is 5.21. The lowest BCUT2D eigenvalue weighted by molar-refractivity contribution is 1.09. The maximum absolute atomic E-state index is 4.63. The Hall–Kier alpha value is -0.570. The highest BCUT2D eigenvalue weighted by molar-refractivity contribution is 7.71. The molecule has 0 spiro atoms. The number of rotatable bonds is 0. The third-order valence-electron chi connectivity index (χ3n) is 0.512. The molecule has 0 aliphatic carbocycles. The summed E-state index contributed by atoms with van der Waals surface area (Å²) in [6, 6.07) is 0. The van der Waals surface area contributed by atoms with Crippen LogP contribution in [0.3, 0.4) is 0 Å². The molecule has 0 unspecified atom stereocenters. The Morgan fingerprint density at radius 3 is 1.78 bits per heavy atom. The molecule has 1 aromatic rings. The summed E-state index contributed by atoms with van der Waals surface area (Å²) in [7, 11) is 0. The molecular formula is C6H12N2S. The van der Waals surface area contributed by atoms with Gasteiger partial charge in [0.05, 0.1) is 0 Å². The van der Waals surface area contributed by atoms with Crippen LogP contribution in [0.15, 0.2) is 12.4 Å². The highest BCUT2D eigenvalue weighted by Crippen LogP contribution is 1.72. The molecule has 3 heteroatoms. The fraction of sp³-hybridized carbons (Fsp3) is 0.500. The van der Waals surface area contributed by atoms with Crippen LogP contribution in [0.1, 0.15) is 20.3 Å². The van der Waals surface area contributed by atoms with Crippen LogP contribution in [0.25, 0.3) is 0 Å². The van der Waals surface area contributed by atoms with Crippen molar-refractivity contribution in [2.75, 3.05) is 0 Å². The lowest BCUT2D eigenvalue weighted by Crippen LogP contribution is -1.54. The third-order valence-corrected chi connectivity index (χ3v) is 0.748. The number of nitrogens with one attached hydrogen (secondary N) is 2. The minimum atomic E-state index is 0.676. The minimum absolute atomic E-state index is 0.676. The van der Waals surface area contributed by atoms with Crippen molar-refractivity contribution < 1.29 is 0 Å². The van der Waals surface area contributed by atoms with Gasteiger partial charge in [0.1, 0.15) is 0 Å². The zero-order valence-electron chi connectivity index (χ0n) is 5.77. The summed E-state index contributed by atoms with van der Waals surface area (Å²) in [5.74, 6) is 0. The van der Waals surface area contributed by atoms with Gasteiger partial charge in [-0.2, -0.15) is 0 Å². The van der Waals surface area contributed by atoms with E-state index in [0.717, 1.165) is 0 Å². The van der Waals surface area contributed by atoms with Gasteiger partial charge in [-0.3, -0.25) is 0 Å². The van der Waals surface area contributed by atoms with Gasteiger partial charge in [-0.15, -0.1) is 0 Å². The van der Waals surface area contributed by atoms with Crippen molar-refractivity contribution in [3.63, 3.8) is 0 Å². The van der Waals surface area contributed by atoms with Crippen LogP contribution in [-0.4, -0.2) is 9.97 Å². The zero-order valence-corrected chi connectivity index (χ0v) is 6.59. The summed E-state index contributed by atoms with van der Waals surface area (Å²) in [4.78, 5) is 5.52. The van der Waals surface area contributed by atoms with Crippen molar-refractivity contribution in [1.29, 1.82) is 0 Å². The van der Waals surface area contributed by atoms with Gasteiger partial charge in [-0.1, -0.05) is 20.3 Å². The van der Waals surface area contributed by atoms with E-state index in [9.17, 15) is 0 Å². The van der Waals surface area contributed by atoms with Crippen LogP contribution >= 0.6 is 12.2 Å². The van der Waals surface area contributed by atoms with E-state index in [1.54, 1.807) is 12.4 Å². The smallest absolute Gasteiger partial charge is 0.174 e. The van der Waals surface area contributed by atoms with E-state index < -0.39 is 0 Å². The highest BCUT2D eigenvalue weighted by Gasteiger charge is 1.64. The van der Waals surface area contributed by atoms with Gasteiger partial charge in [-0.05, 0) is 12.2 Å². The second kappa shape index (κ2) is 5.56. The lowest BCUT2D eigenvalue weighted by Gasteiger charge is -1.56. The van der Waals surface area contributed by atoms with Crippen molar-refractivity contribution in [2.45, 2.75) is 20.3 Å². The average Bonchev–Trinajstić information content (AvgIpc) is 2.20. The van der Waals surface area contributed by atoms with E-state index >= 15 is 0 Å². The average molecular weight is 144 g/mol. The SMILES string of the molecule is CCC.S=c1[nH]cc[nH]1. The van der Waals surface area contributed by atoms with Crippen molar-refractivity contribution in [3.8, 4) is 0 Å². The summed E-state index contributed by atoms with van der Waals surface area (Å²) >= 11 is 4.63. The van der Waals surface area contributed by atoms with Crippen LogP contribution in [-0.2, 0) is 0 Å². The molecule has 1 heterocycles. The summed E-state index contributed by atoms with van der Waals surface area (Å²) in [5.41, 5.74) is 0. The van der Waals surface area contributed by atoms with Gasteiger partial charge >= 0.3 is 0 Å². The normalized spacial score (nSPS) is 7.78. The standard InChI is InChI=1S/C3H4N2S.C3H8/c6-3-4-1-2-5-3;1-3-2/h1-2H,(H2,4,5,6);3H2,1-2H3. The van der Waals surface area contributed by atoms with E-state index in [1.165, 1.54) is 6.42 Å². The topological polar surface area (TPSA) is 31.6 Å². The van der Waals surface area contributed by atoms with E-state index in [2.05, 4.69) is 36.0 Å². The lowest BCUT2D eigenvalue weighted by atomic mass is 10.6. The van der Waals surface area contributed by atoms with Gasteiger partial charge in [0.25, 0.3) is 0 Å². The quantitative estimate of drug-likeness (QED) is 0.538. The number of aromatic amines is 2. The van der Waals surface area contributed by atoms with E-state index in [-0.39, 0.29) is 0 Å². The van der Waals surface area contributed by atoms with Crippen molar-refractivity contribution in [1.82, 2.24) is 9.97 Å². The number of hydrogen-bond acceptors (Lipinski definition) is 1. The Morgan fingerprint density at radius 1 is 1.33 bits per heavy atom. The number of H-pyrrole nitrogens is 2. The Balaban J connectivity index is 0.000000187. The van der Waals surface area contributed by atoms with Gasteiger partial charge in [-0.25, -0.2) is 0 Å². The Morgan fingerprint density at radius 2 is 1.67 bits per heavy atom. The monoisotopic (exact) mass is 144 g/mol. The summed E-state index contributed by atoms with van der Waals surface area (Å²) in [6.07, 6.45) is 4.75. The second-order valence-corrected chi connectivity index (χ2v) is 2.07. The molecule has 52 valence electrons. The first-order valence-corrected chi connectivity index (χ1v) is 3.44. The number of aromatic nitrogens is 2. The molecule has 0 radical (unpaired) electrons. The second-order valence-electron chi connectivity index (χ2n) is 1.66. The molecule has 0 aliphatic rings. The van der Waals surface area contributed by atoms with Gasteiger partial charge in [0, 0.05) is 12.4 Å². The zero-order chi connectivity index (χ0) is 7.11. The van der Waals surface area contributed by atoms with Gasteiger partial charge in [0.15, 0.2) is 4.77 Å². The number of hydrogen-bond donors (Lipinski definition) is 2. The summed E-state index contributed by atoms with van der Waals surface area (Å²) in [6.45, 7) is 4.25. The van der Waals surface area contributed by atoms with E-state index in [0.29, 0.717) is 4.77 Å². The highest BCUT2D eigenvalue weighted by atomic mass is 32.1. The van der Waals surface area contributed by atoms with Crippen LogP contribution < -0.4 is 0 Å². The van der Waals surface area contributed by atoms with Crippen molar-refractivity contribution in [2.24, 2.45) is 0 Å². The first-order valence-electron chi connectivity index (χ1n) is 3.03. The van der Waals surface area contributed by atoms with Crippen molar-refractivity contribution in [3.05, 3.63) is 17.2 Å². The minimum Gasteiger partial charge on any atom is -0.338 e. The molecule has 0 saturated carbocycles. The molecule has 0 fully saturated rings. The first-order chi connectivity index (χ1) is 4.31. The summed E-state index contributed by atoms with van der Waals surface area (Å²) in [5, 5.41) is 0. The molecule has 0 amide bonds. The molecule has 0 atom stereocenters. The molecule has 1 aromatic heterocycles. The predicted octanol–water partition coefficient (Wildman–Crippen LogP) is 2.49. The van der Waals surface area contributed by atoms with E-state index in [4.69, 9.17) is 0 Å². The third kappa shape index (κ3) is 5.30. The Labute approximate surface area is 60.3 Å². The number of imidazole rings is 1. The van der Waals surface area contributed by atoms with Gasteiger partial charge in [0.2, 0.25) is 0 Å². The molecule has 2 nitrogen and oxygen atoms in total. The fourth-order valence-corrected chi connectivity index (χ4v) is 0.412. The Bertz CT molecular complexity index is 160. The van der Waals surface area contributed by atoms with Crippen LogP contribution in [0, 0.1) is 4.77 Å². The molecule has 0 aromatic carbocycles. The largest absolute Gasteiger partial charge is 0.338 e. The molecule has 0 bridgehead atoms. The molecule has 0 aliphatic heterocycles.